The standard InChI is InChI=1S/C30H38N4O5S2.ClH/c1-32(41(37,38)28-10-6-3-7-11-28)20-25(26-15-19-40-23-26)12-16-33-17-13-27(14-18-33)34(21-29(31)35)30(36)39-22-24-8-4-2-5-9-24;/h2-11,15,19,23,25,27H,12-14,16-18,20-22H2,1H3,(H2,31,35);1H/t25-;/m0./s1. The lowest BCUT2D eigenvalue weighted by molar-refractivity contribution is -0.119. The maximum atomic E-state index is 13.1. The second-order valence-corrected chi connectivity index (χ2v) is 13.2. The Morgan fingerprint density at radius 1 is 1.05 bits per heavy atom. The normalized spacial score (nSPS) is 15.1. The number of likely N-dealkylation sites (N-methyl/N-ethyl adjacent to an activating group) is 1. The molecule has 0 saturated carbocycles. The summed E-state index contributed by atoms with van der Waals surface area (Å²) in [5.41, 5.74) is 7.47. The van der Waals surface area contributed by atoms with E-state index in [9.17, 15) is 18.0 Å². The smallest absolute Gasteiger partial charge is 0.410 e. The molecule has 0 bridgehead atoms. The molecule has 42 heavy (non-hydrogen) atoms. The van der Waals surface area contributed by atoms with E-state index < -0.39 is 22.0 Å². The molecule has 1 atom stereocenters. The molecule has 2 amide bonds. The van der Waals surface area contributed by atoms with Crippen molar-refractivity contribution in [2.24, 2.45) is 5.73 Å². The van der Waals surface area contributed by atoms with Crippen molar-refractivity contribution in [2.45, 2.75) is 42.7 Å². The Bertz CT molecular complexity index is 1350. The molecule has 2 N–H and O–H groups in total. The molecule has 1 saturated heterocycles. The van der Waals surface area contributed by atoms with Crippen LogP contribution in [-0.4, -0.2) is 80.3 Å². The van der Waals surface area contributed by atoms with Gasteiger partial charge in [0.1, 0.15) is 13.2 Å². The maximum Gasteiger partial charge on any atom is 0.410 e. The van der Waals surface area contributed by atoms with Crippen LogP contribution in [0.3, 0.4) is 0 Å². The van der Waals surface area contributed by atoms with Crippen LogP contribution in [0.5, 0.6) is 0 Å². The molecule has 2 heterocycles. The molecule has 228 valence electrons. The highest BCUT2D eigenvalue weighted by atomic mass is 35.5. The largest absolute Gasteiger partial charge is 0.445 e. The number of rotatable bonds is 13. The molecule has 1 aliphatic heterocycles. The lowest BCUT2D eigenvalue weighted by atomic mass is 9.97. The summed E-state index contributed by atoms with van der Waals surface area (Å²) in [6.07, 6.45) is 1.64. The molecule has 0 radical (unpaired) electrons. The summed E-state index contributed by atoms with van der Waals surface area (Å²) in [6, 6.07) is 19.8. The van der Waals surface area contributed by atoms with Crippen LogP contribution in [-0.2, 0) is 26.2 Å². The zero-order valence-electron chi connectivity index (χ0n) is 23.7. The first-order chi connectivity index (χ1) is 19.7. The predicted octanol–water partition coefficient (Wildman–Crippen LogP) is 4.55. The maximum absolute atomic E-state index is 13.1. The predicted molar refractivity (Wildman–Crippen MR) is 167 cm³/mol. The highest BCUT2D eigenvalue weighted by Crippen LogP contribution is 2.27. The van der Waals surface area contributed by atoms with Gasteiger partial charge in [0.2, 0.25) is 15.9 Å². The van der Waals surface area contributed by atoms with Crippen molar-refractivity contribution in [3.05, 3.63) is 88.6 Å². The van der Waals surface area contributed by atoms with Gasteiger partial charge in [0.05, 0.1) is 4.90 Å². The summed E-state index contributed by atoms with van der Waals surface area (Å²) in [4.78, 5) is 28.7. The second kappa shape index (κ2) is 16.0. The van der Waals surface area contributed by atoms with Crippen LogP contribution in [0.1, 0.15) is 36.3 Å². The van der Waals surface area contributed by atoms with Gasteiger partial charge in [-0.05, 0) is 71.8 Å². The molecule has 1 aliphatic rings. The first-order valence-electron chi connectivity index (χ1n) is 13.8. The summed E-state index contributed by atoms with van der Waals surface area (Å²) >= 11 is 1.61. The van der Waals surface area contributed by atoms with E-state index in [0.717, 1.165) is 37.2 Å². The minimum absolute atomic E-state index is 0. The molecule has 2 aromatic carbocycles. The summed E-state index contributed by atoms with van der Waals surface area (Å²) < 4.78 is 33.2. The van der Waals surface area contributed by atoms with Crippen molar-refractivity contribution in [3.63, 3.8) is 0 Å². The Morgan fingerprint density at radius 3 is 2.29 bits per heavy atom. The number of nitrogens with zero attached hydrogens (tertiary/aromatic N) is 3. The first kappa shape index (κ1) is 33.5. The Kier molecular flexibility index (Phi) is 12.8. The van der Waals surface area contributed by atoms with Crippen molar-refractivity contribution < 1.29 is 22.7 Å². The van der Waals surface area contributed by atoms with Gasteiger partial charge < -0.3 is 15.4 Å². The Morgan fingerprint density at radius 2 is 1.69 bits per heavy atom. The summed E-state index contributed by atoms with van der Waals surface area (Å²) in [5, 5.41) is 4.10. The minimum atomic E-state index is -3.59. The monoisotopic (exact) mass is 634 g/mol. The zero-order valence-corrected chi connectivity index (χ0v) is 26.2. The Hall–Kier alpha value is -2.96. The number of halogens is 1. The van der Waals surface area contributed by atoms with Crippen LogP contribution in [0.4, 0.5) is 4.79 Å². The topological polar surface area (TPSA) is 113 Å². The van der Waals surface area contributed by atoms with Gasteiger partial charge >= 0.3 is 6.09 Å². The van der Waals surface area contributed by atoms with Crippen molar-refractivity contribution in [2.75, 3.05) is 39.8 Å². The number of thiophene rings is 1. The average Bonchev–Trinajstić information content (AvgIpc) is 3.53. The van der Waals surface area contributed by atoms with E-state index in [4.69, 9.17) is 10.5 Å². The van der Waals surface area contributed by atoms with Gasteiger partial charge in [-0.2, -0.15) is 11.3 Å². The summed E-state index contributed by atoms with van der Waals surface area (Å²) in [5.74, 6) is -0.529. The third-order valence-electron chi connectivity index (χ3n) is 7.50. The molecule has 3 aromatic rings. The SMILES string of the molecule is CN(C[C@H](CCN1CCC(N(CC(N)=O)C(=O)OCc2ccccc2)CC1)c1ccsc1)S(=O)(=O)c1ccccc1.Cl. The van der Waals surface area contributed by atoms with Gasteiger partial charge in [-0.15, -0.1) is 12.4 Å². The molecule has 0 aliphatic carbocycles. The van der Waals surface area contributed by atoms with Crippen LogP contribution in [0.25, 0.3) is 0 Å². The van der Waals surface area contributed by atoms with Gasteiger partial charge in [-0.1, -0.05) is 48.5 Å². The highest BCUT2D eigenvalue weighted by Gasteiger charge is 2.31. The van der Waals surface area contributed by atoms with Crippen LogP contribution in [0.15, 0.2) is 82.4 Å². The molecule has 9 nitrogen and oxygen atoms in total. The number of primary amides is 1. The van der Waals surface area contributed by atoms with Gasteiger partial charge in [-0.3, -0.25) is 9.69 Å². The number of amides is 2. The molecule has 0 unspecified atom stereocenters. The van der Waals surface area contributed by atoms with Gasteiger partial charge in [0.15, 0.2) is 0 Å². The Balaban J connectivity index is 0.00000484. The number of likely N-dealkylation sites (tertiary alicyclic amines) is 1. The lowest BCUT2D eigenvalue weighted by Gasteiger charge is -2.38. The first-order valence-corrected chi connectivity index (χ1v) is 16.1. The number of hydrogen-bond acceptors (Lipinski definition) is 7. The number of sulfonamides is 1. The fraction of sp³-hybridized carbons (Fsp3) is 0.400. The van der Waals surface area contributed by atoms with Crippen molar-refractivity contribution in [3.8, 4) is 0 Å². The molecule has 4 rings (SSSR count). The number of hydrogen-bond donors (Lipinski definition) is 1. The van der Waals surface area contributed by atoms with Gasteiger partial charge in [0, 0.05) is 32.7 Å². The van der Waals surface area contributed by atoms with E-state index in [-0.39, 0.29) is 42.4 Å². The quantitative estimate of drug-likeness (QED) is 0.295. The fourth-order valence-electron chi connectivity index (χ4n) is 5.16. The highest BCUT2D eigenvalue weighted by molar-refractivity contribution is 7.89. The summed E-state index contributed by atoms with van der Waals surface area (Å²) in [6.45, 7) is 2.62. The number of ether oxygens (including phenoxy) is 1. The van der Waals surface area contributed by atoms with E-state index in [0.29, 0.717) is 19.4 Å². The van der Waals surface area contributed by atoms with E-state index >= 15 is 0 Å². The average molecular weight is 635 g/mol. The number of carbonyl (C=O) groups is 2. The third-order valence-corrected chi connectivity index (χ3v) is 10.0. The molecule has 1 fully saturated rings. The molecular weight excluding hydrogens is 596 g/mol. The lowest BCUT2D eigenvalue weighted by Crippen LogP contribution is -2.50. The second-order valence-electron chi connectivity index (χ2n) is 10.3. The number of piperidine rings is 1. The minimum Gasteiger partial charge on any atom is -0.445 e. The van der Waals surface area contributed by atoms with Crippen LogP contribution in [0.2, 0.25) is 0 Å². The van der Waals surface area contributed by atoms with E-state index in [2.05, 4.69) is 16.3 Å². The van der Waals surface area contributed by atoms with Crippen molar-refractivity contribution in [1.82, 2.24) is 14.1 Å². The van der Waals surface area contributed by atoms with Crippen LogP contribution in [0, 0.1) is 0 Å². The number of benzene rings is 2. The van der Waals surface area contributed by atoms with Crippen molar-refractivity contribution in [1.29, 1.82) is 0 Å². The molecule has 0 spiro atoms. The molecule has 1 aromatic heterocycles. The zero-order chi connectivity index (χ0) is 29.2. The van der Waals surface area contributed by atoms with Crippen LogP contribution < -0.4 is 5.73 Å². The van der Waals surface area contributed by atoms with E-state index in [1.807, 2.05) is 35.7 Å². The van der Waals surface area contributed by atoms with Gasteiger partial charge in [0.25, 0.3) is 0 Å². The van der Waals surface area contributed by atoms with E-state index in [1.165, 1.54) is 9.21 Å². The molecular formula is C30H39ClN4O5S2. The number of carbonyl (C=O) groups excluding carboxylic acids is 2. The molecule has 12 heteroatoms. The fourth-order valence-corrected chi connectivity index (χ4v) is 7.14. The summed E-state index contributed by atoms with van der Waals surface area (Å²) in [7, 11) is -1.95. The van der Waals surface area contributed by atoms with Crippen molar-refractivity contribution >= 4 is 45.8 Å². The Labute approximate surface area is 258 Å². The van der Waals surface area contributed by atoms with E-state index in [1.54, 1.807) is 48.7 Å². The number of nitrogens with two attached hydrogens (primary N) is 1. The third kappa shape index (κ3) is 9.27. The van der Waals surface area contributed by atoms with Gasteiger partial charge in [-0.25, -0.2) is 17.5 Å². The van der Waals surface area contributed by atoms with Crippen LogP contribution >= 0.6 is 23.7 Å².